The zero-order valence-corrected chi connectivity index (χ0v) is 15.8. The molecule has 3 rings (SSSR count). The number of nitrogens with two attached hydrogens (primary N) is 1. The Morgan fingerprint density at radius 3 is 2.21 bits per heavy atom. The van der Waals surface area contributed by atoms with Crippen LogP contribution in [0, 0.1) is 0 Å². The summed E-state index contributed by atoms with van der Waals surface area (Å²) in [7, 11) is 1.49. The maximum Gasteiger partial charge on any atom is 0.321 e. The average Bonchev–Trinajstić information content (AvgIpc) is 2.70. The van der Waals surface area contributed by atoms with Gasteiger partial charge in [-0.05, 0) is 54.6 Å². The summed E-state index contributed by atoms with van der Waals surface area (Å²) in [5.74, 6) is -1.08. The van der Waals surface area contributed by atoms with Crippen LogP contribution in [0.5, 0.6) is 5.75 Å². The molecule has 0 aliphatic rings. The van der Waals surface area contributed by atoms with Crippen LogP contribution >= 0.6 is 11.6 Å². The number of rotatable bonds is 4. The summed E-state index contributed by atoms with van der Waals surface area (Å²) in [6.07, 6.45) is 0. The van der Waals surface area contributed by atoms with Crippen LogP contribution in [0.3, 0.4) is 0 Å². The Hall–Kier alpha value is -3.51. The van der Waals surface area contributed by atoms with E-state index in [9.17, 15) is 9.59 Å². The molecule has 142 valence electrons. The molecule has 0 atom stereocenters. The van der Waals surface area contributed by atoms with Crippen molar-refractivity contribution in [3.05, 3.63) is 77.8 Å². The van der Waals surface area contributed by atoms with Gasteiger partial charge in [-0.3, -0.25) is 14.5 Å². The molecular formula is C21H18ClN3O3. The van der Waals surface area contributed by atoms with Gasteiger partial charge in [0.25, 0.3) is 0 Å². The van der Waals surface area contributed by atoms with Gasteiger partial charge in [-0.15, -0.1) is 0 Å². The van der Waals surface area contributed by atoms with Gasteiger partial charge in [-0.2, -0.15) is 0 Å². The minimum atomic E-state index is -0.804. The van der Waals surface area contributed by atoms with Crippen LogP contribution in [-0.4, -0.2) is 18.9 Å². The smallest absolute Gasteiger partial charge is 0.321 e. The number of nitrogens with one attached hydrogen (secondary N) is 1. The van der Waals surface area contributed by atoms with Crippen molar-refractivity contribution in [2.75, 3.05) is 23.1 Å². The van der Waals surface area contributed by atoms with Crippen molar-refractivity contribution in [3.63, 3.8) is 0 Å². The van der Waals surface area contributed by atoms with Crippen molar-refractivity contribution in [2.45, 2.75) is 0 Å². The zero-order chi connectivity index (χ0) is 20.1. The second-order valence-corrected chi connectivity index (χ2v) is 6.28. The molecule has 0 bridgehead atoms. The highest BCUT2D eigenvalue weighted by Gasteiger charge is 2.25. The number of carbonyl (C=O) groups excluding carboxylic acids is 2. The van der Waals surface area contributed by atoms with Gasteiger partial charge in [0, 0.05) is 22.7 Å². The standard InChI is InChI=1S/C21H18ClN3O3/c1-28-19-12-9-15(13-18(19)22)24-20(26)21(27)25(16-5-3-2-4-6-16)17-10-7-14(23)8-11-17/h2-13H,23H2,1H3,(H,24,26). The number of nitrogen functional groups attached to an aromatic ring is 1. The summed E-state index contributed by atoms with van der Waals surface area (Å²) >= 11 is 6.08. The van der Waals surface area contributed by atoms with E-state index in [4.69, 9.17) is 22.1 Å². The van der Waals surface area contributed by atoms with Crippen LogP contribution in [-0.2, 0) is 9.59 Å². The summed E-state index contributed by atoms with van der Waals surface area (Å²) < 4.78 is 5.09. The Labute approximate surface area is 167 Å². The SMILES string of the molecule is COc1ccc(NC(=O)C(=O)N(c2ccccc2)c2ccc(N)cc2)cc1Cl. The number of hydrogen-bond donors (Lipinski definition) is 2. The van der Waals surface area contributed by atoms with Crippen LogP contribution in [0.1, 0.15) is 0 Å². The minimum Gasteiger partial charge on any atom is -0.495 e. The molecule has 0 aliphatic heterocycles. The van der Waals surface area contributed by atoms with Gasteiger partial charge in [0.2, 0.25) is 0 Å². The molecule has 6 nitrogen and oxygen atoms in total. The second kappa shape index (κ2) is 8.45. The fraction of sp³-hybridized carbons (Fsp3) is 0.0476. The van der Waals surface area contributed by atoms with Crippen LogP contribution in [0.4, 0.5) is 22.7 Å². The number of hydrogen-bond acceptors (Lipinski definition) is 4. The molecule has 0 aromatic heterocycles. The van der Waals surface area contributed by atoms with E-state index in [1.807, 2.05) is 6.07 Å². The number of nitrogens with zero attached hydrogens (tertiary/aromatic N) is 1. The van der Waals surface area contributed by atoms with E-state index < -0.39 is 11.8 Å². The Morgan fingerprint density at radius 1 is 0.964 bits per heavy atom. The zero-order valence-electron chi connectivity index (χ0n) is 15.1. The van der Waals surface area contributed by atoms with E-state index in [2.05, 4.69) is 5.32 Å². The molecule has 0 saturated heterocycles. The third-order valence-corrected chi connectivity index (χ3v) is 4.27. The first-order chi connectivity index (χ1) is 13.5. The van der Waals surface area contributed by atoms with Crippen LogP contribution in [0.25, 0.3) is 0 Å². The topological polar surface area (TPSA) is 84.7 Å². The number of ether oxygens (including phenoxy) is 1. The van der Waals surface area contributed by atoms with E-state index in [0.29, 0.717) is 33.5 Å². The molecular weight excluding hydrogens is 378 g/mol. The molecule has 0 aliphatic carbocycles. The van der Waals surface area contributed by atoms with Crippen LogP contribution in [0.2, 0.25) is 5.02 Å². The van der Waals surface area contributed by atoms with Gasteiger partial charge in [0.1, 0.15) is 5.75 Å². The summed E-state index contributed by atoms with van der Waals surface area (Å²) in [4.78, 5) is 26.9. The van der Waals surface area contributed by atoms with Crippen LogP contribution in [0.15, 0.2) is 72.8 Å². The molecule has 3 aromatic carbocycles. The fourth-order valence-electron chi connectivity index (χ4n) is 2.61. The summed E-state index contributed by atoms with van der Waals surface area (Å²) in [5, 5.41) is 2.90. The first-order valence-corrected chi connectivity index (χ1v) is 8.77. The third kappa shape index (κ3) is 4.24. The summed E-state index contributed by atoms with van der Waals surface area (Å²) in [6.45, 7) is 0. The lowest BCUT2D eigenvalue weighted by Gasteiger charge is -2.22. The molecule has 3 aromatic rings. The Bertz CT molecular complexity index is 992. The van der Waals surface area contributed by atoms with Crippen molar-refractivity contribution in [2.24, 2.45) is 0 Å². The van der Waals surface area contributed by atoms with Gasteiger partial charge in [0.05, 0.1) is 12.1 Å². The van der Waals surface area contributed by atoms with E-state index in [-0.39, 0.29) is 0 Å². The number of halogens is 1. The lowest BCUT2D eigenvalue weighted by molar-refractivity contribution is -0.134. The molecule has 0 unspecified atom stereocenters. The van der Waals surface area contributed by atoms with Gasteiger partial charge < -0.3 is 15.8 Å². The van der Waals surface area contributed by atoms with E-state index >= 15 is 0 Å². The largest absolute Gasteiger partial charge is 0.495 e. The highest BCUT2D eigenvalue weighted by Crippen LogP contribution is 2.29. The molecule has 0 heterocycles. The molecule has 2 amide bonds. The number of methoxy groups -OCH3 is 1. The van der Waals surface area contributed by atoms with E-state index in [0.717, 1.165) is 0 Å². The first-order valence-electron chi connectivity index (χ1n) is 8.39. The van der Waals surface area contributed by atoms with E-state index in [1.165, 1.54) is 18.1 Å². The van der Waals surface area contributed by atoms with Gasteiger partial charge in [0.15, 0.2) is 0 Å². The van der Waals surface area contributed by atoms with Crippen molar-refractivity contribution in [1.29, 1.82) is 0 Å². The Kier molecular flexibility index (Phi) is 5.81. The lowest BCUT2D eigenvalue weighted by Crippen LogP contribution is -2.36. The maximum atomic E-state index is 13.0. The number of anilines is 4. The molecule has 7 heteroatoms. The molecule has 0 spiro atoms. The molecule has 0 fully saturated rings. The normalized spacial score (nSPS) is 10.2. The maximum absolute atomic E-state index is 13.0. The number of carbonyl (C=O) groups is 2. The first kappa shape index (κ1) is 19.3. The summed E-state index contributed by atoms with van der Waals surface area (Å²) in [6, 6.07) is 20.3. The van der Waals surface area contributed by atoms with Crippen molar-refractivity contribution in [1.82, 2.24) is 0 Å². The molecule has 0 radical (unpaired) electrons. The van der Waals surface area contributed by atoms with Crippen LogP contribution < -0.4 is 20.7 Å². The van der Waals surface area contributed by atoms with E-state index in [1.54, 1.807) is 60.7 Å². The number of para-hydroxylation sites is 1. The lowest BCUT2D eigenvalue weighted by atomic mass is 10.2. The monoisotopic (exact) mass is 395 g/mol. The molecule has 28 heavy (non-hydrogen) atoms. The van der Waals surface area contributed by atoms with Crippen molar-refractivity contribution < 1.29 is 14.3 Å². The molecule has 0 saturated carbocycles. The second-order valence-electron chi connectivity index (χ2n) is 5.87. The highest BCUT2D eigenvalue weighted by molar-refractivity contribution is 6.45. The van der Waals surface area contributed by atoms with Crippen molar-refractivity contribution >= 4 is 46.2 Å². The highest BCUT2D eigenvalue weighted by atomic mass is 35.5. The quantitative estimate of drug-likeness (QED) is 0.511. The predicted octanol–water partition coefficient (Wildman–Crippen LogP) is 4.23. The third-order valence-electron chi connectivity index (χ3n) is 3.97. The fourth-order valence-corrected chi connectivity index (χ4v) is 2.87. The average molecular weight is 396 g/mol. The molecule has 3 N–H and O–H groups in total. The summed E-state index contributed by atoms with van der Waals surface area (Å²) in [5.41, 5.74) is 7.75. The van der Waals surface area contributed by atoms with Gasteiger partial charge in [-0.1, -0.05) is 29.8 Å². The van der Waals surface area contributed by atoms with Gasteiger partial charge >= 0.3 is 11.8 Å². The van der Waals surface area contributed by atoms with Gasteiger partial charge in [-0.25, -0.2) is 0 Å². The Balaban J connectivity index is 1.89. The minimum absolute atomic E-state index is 0.325. The predicted molar refractivity (Wildman–Crippen MR) is 111 cm³/mol. The Morgan fingerprint density at radius 2 is 1.61 bits per heavy atom. The van der Waals surface area contributed by atoms with Crippen molar-refractivity contribution in [3.8, 4) is 5.75 Å². The number of benzene rings is 3. The number of amides is 2.